The molecule has 2 rings (SSSR count). The van der Waals surface area contributed by atoms with Gasteiger partial charge in [0.15, 0.2) is 0 Å². The summed E-state index contributed by atoms with van der Waals surface area (Å²) in [6.07, 6.45) is 0.701. The van der Waals surface area contributed by atoms with Crippen LogP contribution in [0.4, 0.5) is 0 Å². The maximum Gasteiger partial charge on any atom is 0.303 e. The monoisotopic (exact) mass is 326 g/mol. The number of carboxylic acids is 1. The fourth-order valence-electron chi connectivity index (χ4n) is 2.86. The molecule has 0 aliphatic rings. The second kappa shape index (κ2) is 8.00. The van der Waals surface area contributed by atoms with Gasteiger partial charge in [0.25, 0.3) is 0 Å². The molecule has 0 amide bonds. The molecule has 3 heteroatoms. The van der Waals surface area contributed by atoms with Crippen LogP contribution in [0, 0.1) is 13.8 Å². The Morgan fingerprint density at radius 1 is 1.12 bits per heavy atom. The van der Waals surface area contributed by atoms with E-state index in [1.54, 1.807) is 0 Å². The van der Waals surface area contributed by atoms with E-state index in [2.05, 4.69) is 39.0 Å². The minimum atomic E-state index is -0.770. The lowest BCUT2D eigenvalue weighted by molar-refractivity contribution is -0.136. The van der Waals surface area contributed by atoms with E-state index in [1.807, 2.05) is 25.1 Å². The van der Waals surface area contributed by atoms with Crippen LogP contribution in [0.25, 0.3) is 0 Å². The summed E-state index contributed by atoms with van der Waals surface area (Å²) in [4.78, 5) is 10.7. The molecule has 24 heavy (non-hydrogen) atoms. The predicted octanol–water partition coefficient (Wildman–Crippen LogP) is 5.02. The van der Waals surface area contributed by atoms with Crippen molar-refractivity contribution in [3.63, 3.8) is 0 Å². The SMILES string of the molecule is Cc1ccc(C(C)C)c(COc2ccc(CCC(=O)O)cc2C)c1. The number of carbonyl (C=O) groups is 1. The van der Waals surface area contributed by atoms with Crippen LogP contribution in [0.2, 0.25) is 0 Å². The van der Waals surface area contributed by atoms with E-state index in [-0.39, 0.29) is 6.42 Å². The number of hydrogen-bond acceptors (Lipinski definition) is 2. The van der Waals surface area contributed by atoms with Crippen LogP contribution >= 0.6 is 0 Å². The van der Waals surface area contributed by atoms with Gasteiger partial charge in [0.05, 0.1) is 0 Å². The molecule has 2 aromatic carbocycles. The summed E-state index contributed by atoms with van der Waals surface area (Å²) in [5, 5.41) is 8.78. The molecule has 0 unspecified atom stereocenters. The zero-order chi connectivity index (χ0) is 17.7. The molecule has 0 fully saturated rings. The third-order valence-electron chi connectivity index (χ3n) is 4.17. The summed E-state index contributed by atoms with van der Waals surface area (Å²) in [6, 6.07) is 12.4. The molecule has 0 bridgehead atoms. The summed E-state index contributed by atoms with van der Waals surface area (Å²) in [5.41, 5.74) is 5.84. The molecule has 1 N–H and O–H groups in total. The van der Waals surface area contributed by atoms with Crippen LogP contribution in [0.3, 0.4) is 0 Å². The summed E-state index contributed by atoms with van der Waals surface area (Å²) >= 11 is 0. The molecule has 0 aliphatic carbocycles. The standard InChI is InChI=1S/C21H26O3/c1-14(2)19-8-5-15(3)11-18(19)13-24-20-9-6-17(12-16(20)4)7-10-21(22)23/h5-6,8-9,11-12,14H,7,10,13H2,1-4H3,(H,22,23). The number of aryl methyl sites for hydroxylation is 3. The zero-order valence-electron chi connectivity index (χ0n) is 14.9. The number of benzene rings is 2. The van der Waals surface area contributed by atoms with Gasteiger partial charge in [-0.3, -0.25) is 4.79 Å². The lowest BCUT2D eigenvalue weighted by Gasteiger charge is -2.16. The Bertz CT molecular complexity index is 717. The van der Waals surface area contributed by atoms with Crippen molar-refractivity contribution in [3.8, 4) is 5.75 Å². The van der Waals surface area contributed by atoms with Crippen molar-refractivity contribution in [1.29, 1.82) is 0 Å². The third kappa shape index (κ3) is 4.85. The lowest BCUT2D eigenvalue weighted by atomic mass is 9.96. The average molecular weight is 326 g/mol. The van der Waals surface area contributed by atoms with E-state index in [1.165, 1.54) is 16.7 Å². The number of ether oxygens (including phenoxy) is 1. The van der Waals surface area contributed by atoms with Crippen LogP contribution in [0.15, 0.2) is 36.4 Å². The summed E-state index contributed by atoms with van der Waals surface area (Å²) in [6.45, 7) is 9.02. The Morgan fingerprint density at radius 3 is 2.50 bits per heavy atom. The van der Waals surface area contributed by atoms with Crippen LogP contribution in [-0.4, -0.2) is 11.1 Å². The van der Waals surface area contributed by atoms with Crippen molar-refractivity contribution in [2.75, 3.05) is 0 Å². The van der Waals surface area contributed by atoms with Crippen molar-refractivity contribution in [1.82, 2.24) is 0 Å². The van der Waals surface area contributed by atoms with Crippen molar-refractivity contribution in [3.05, 3.63) is 64.2 Å². The average Bonchev–Trinajstić information content (AvgIpc) is 2.51. The molecule has 0 aromatic heterocycles. The lowest BCUT2D eigenvalue weighted by Crippen LogP contribution is -2.03. The maximum atomic E-state index is 10.7. The molecule has 128 valence electrons. The van der Waals surface area contributed by atoms with Gasteiger partial charge < -0.3 is 9.84 Å². The van der Waals surface area contributed by atoms with Gasteiger partial charge in [-0.1, -0.05) is 49.7 Å². The molecular formula is C21H26O3. The molecule has 2 aromatic rings. The quantitative estimate of drug-likeness (QED) is 0.777. The van der Waals surface area contributed by atoms with Gasteiger partial charge in [0.2, 0.25) is 0 Å². The molecule has 3 nitrogen and oxygen atoms in total. The highest BCUT2D eigenvalue weighted by Gasteiger charge is 2.09. The normalized spacial score (nSPS) is 10.9. The smallest absolute Gasteiger partial charge is 0.303 e. The first-order chi connectivity index (χ1) is 11.4. The highest BCUT2D eigenvalue weighted by molar-refractivity contribution is 5.67. The van der Waals surface area contributed by atoms with Crippen LogP contribution in [0.5, 0.6) is 5.75 Å². The first kappa shape index (κ1) is 18.1. The minimum absolute atomic E-state index is 0.153. The van der Waals surface area contributed by atoms with Gasteiger partial charge in [-0.25, -0.2) is 0 Å². The first-order valence-corrected chi connectivity index (χ1v) is 8.40. The number of hydrogen-bond donors (Lipinski definition) is 1. The van der Waals surface area contributed by atoms with E-state index in [4.69, 9.17) is 9.84 Å². The van der Waals surface area contributed by atoms with E-state index >= 15 is 0 Å². The first-order valence-electron chi connectivity index (χ1n) is 8.40. The molecule has 0 spiro atoms. The number of aliphatic carboxylic acids is 1. The minimum Gasteiger partial charge on any atom is -0.489 e. The van der Waals surface area contributed by atoms with Gasteiger partial charge in [-0.05, 0) is 54.5 Å². The maximum absolute atomic E-state index is 10.7. The predicted molar refractivity (Wildman–Crippen MR) is 96.7 cm³/mol. The zero-order valence-corrected chi connectivity index (χ0v) is 14.9. The second-order valence-electron chi connectivity index (χ2n) is 6.64. The third-order valence-corrected chi connectivity index (χ3v) is 4.17. The Kier molecular flexibility index (Phi) is 6.02. The van der Waals surface area contributed by atoms with Gasteiger partial charge in [0, 0.05) is 6.42 Å². The van der Waals surface area contributed by atoms with Gasteiger partial charge in [-0.15, -0.1) is 0 Å². The van der Waals surface area contributed by atoms with E-state index in [0.29, 0.717) is 18.9 Å². The summed E-state index contributed by atoms with van der Waals surface area (Å²) in [7, 11) is 0. The van der Waals surface area contributed by atoms with Crippen LogP contribution in [-0.2, 0) is 17.8 Å². The molecule has 0 saturated heterocycles. The topological polar surface area (TPSA) is 46.5 Å². The van der Waals surface area contributed by atoms with E-state index in [9.17, 15) is 4.79 Å². The molecular weight excluding hydrogens is 300 g/mol. The fraction of sp³-hybridized carbons (Fsp3) is 0.381. The Morgan fingerprint density at radius 2 is 1.88 bits per heavy atom. The van der Waals surface area contributed by atoms with E-state index in [0.717, 1.165) is 16.9 Å². The Balaban J connectivity index is 2.09. The van der Waals surface area contributed by atoms with Crippen molar-refractivity contribution >= 4 is 5.97 Å². The van der Waals surface area contributed by atoms with Crippen LogP contribution in [0.1, 0.15) is 54.0 Å². The molecule has 0 radical (unpaired) electrons. The van der Waals surface area contributed by atoms with Gasteiger partial charge >= 0.3 is 5.97 Å². The molecule has 0 atom stereocenters. The number of carboxylic acid groups (broad SMARTS) is 1. The summed E-state index contributed by atoms with van der Waals surface area (Å²) < 4.78 is 6.03. The fourth-order valence-corrected chi connectivity index (χ4v) is 2.86. The van der Waals surface area contributed by atoms with Crippen molar-refractivity contribution < 1.29 is 14.6 Å². The Hall–Kier alpha value is -2.29. The highest BCUT2D eigenvalue weighted by atomic mass is 16.5. The summed E-state index contributed by atoms with van der Waals surface area (Å²) in [5.74, 6) is 0.544. The van der Waals surface area contributed by atoms with Crippen molar-refractivity contribution in [2.45, 2.75) is 53.1 Å². The van der Waals surface area contributed by atoms with Crippen molar-refractivity contribution in [2.24, 2.45) is 0 Å². The van der Waals surface area contributed by atoms with Crippen LogP contribution < -0.4 is 4.74 Å². The highest BCUT2D eigenvalue weighted by Crippen LogP contribution is 2.25. The molecule has 0 heterocycles. The molecule has 0 saturated carbocycles. The largest absolute Gasteiger partial charge is 0.489 e. The number of rotatable bonds is 7. The molecule has 0 aliphatic heterocycles. The van der Waals surface area contributed by atoms with Gasteiger partial charge in [0.1, 0.15) is 12.4 Å². The van der Waals surface area contributed by atoms with Gasteiger partial charge in [-0.2, -0.15) is 0 Å². The van der Waals surface area contributed by atoms with E-state index < -0.39 is 5.97 Å². The second-order valence-corrected chi connectivity index (χ2v) is 6.64. The Labute approximate surface area is 144 Å².